The van der Waals surface area contributed by atoms with Crippen LogP contribution in [0.4, 0.5) is 0 Å². The molecular weight excluding hydrogens is 260 g/mol. The van der Waals surface area contributed by atoms with Crippen LogP contribution in [-0.4, -0.2) is 38.2 Å². The standard InChI is InChI=1S/C18H30N2O/c1-14(2)20-11-5-6-17(12-19-3)18(20)16-9-7-15(8-10-16)13-21-4/h7-10,14,17-19H,5-6,11-13H2,1-4H3. The van der Waals surface area contributed by atoms with Crippen LogP contribution in [0, 0.1) is 5.92 Å². The van der Waals surface area contributed by atoms with Crippen molar-refractivity contribution < 1.29 is 4.74 Å². The van der Waals surface area contributed by atoms with Gasteiger partial charge in [0.2, 0.25) is 0 Å². The van der Waals surface area contributed by atoms with Crippen LogP contribution >= 0.6 is 0 Å². The van der Waals surface area contributed by atoms with Crippen LogP contribution < -0.4 is 5.32 Å². The van der Waals surface area contributed by atoms with Crippen LogP contribution in [-0.2, 0) is 11.3 Å². The van der Waals surface area contributed by atoms with Crippen molar-refractivity contribution in [3.8, 4) is 0 Å². The van der Waals surface area contributed by atoms with Gasteiger partial charge in [-0.15, -0.1) is 0 Å². The van der Waals surface area contributed by atoms with Crippen molar-refractivity contribution in [2.75, 3.05) is 27.2 Å². The number of nitrogens with one attached hydrogen (secondary N) is 1. The van der Waals surface area contributed by atoms with Gasteiger partial charge in [0.05, 0.1) is 6.61 Å². The van der Waals surface area contributed by atoms with Gasteiger partial charge in [0.15, 0.2) is 0 Å². The van der Waals surface area contributed by atoms with Crippen molar-refractivity contribution in [2.24, 2.45) is 5.92 Å². The Labute approximate surface area is 129 Å². The maximum Gasteiger partial charge on any atom is 0.0713 e. The summed E-state index contributed by atoms with van der Waals surface area (Å²) in [5.41, 5.74) is 2.70. The van der Waals surface area contributed by atoms with Gasteiger partial charge in [0, 0.05) is 19.2 Å². The molecule has 1 aliphatic heterocycles. The van der Waals surface area contributed by atoms with Gasteiger partial charge in [-0.1, -0.05) is 24.3 Å². The van der Waals surface area contributed by atoms with Gasteiger partial charge < -0.3 is 10.1 Å². The first-order valence-electron chi connectivity index (χ1n) is 8.15. The second-order valence-corrected chi connectivity index (χ2v) is 6.41. The molecular formula is C18H30N2O. The predicted octanol–water partition coefficient (Wildman–Crippen LogP) is 3.21. The van der Waals surface area contributed by atoms with Crippen molar-refractivity contribution >= 4 is 0 Å². The number of nitrogens with zero attached hydrogens (tertiary/aromatic N) is 1. The third kappa shape index (κ3) is 4.06. The fourth-order valence-corrected chi connectivity index (χ4v) is 3.60. The average Bonchev–Trinajstić information content (AvgIpc) is 2.48. The summed E-state index contributed by atoms with van der Waals surface area (Å²) in [6.07, 6.45) is 2.62. The number of likely N-dealkylation sites (tertiary alicyclic amines) is 1. The molecule has 3 heteroatoms. The van der Waals surface area contributed by atoms with Crippen LogP contribution in [0.5, 0.6) is 0 Å². The number of hydrogen-bond donors (Lipinski definition) is 1. The molecule has 3 nitrogen and oxygen atoms in total. The molecule has 1 fully saturated rings. The Morgan fingerprint density at radius 1 is 1.29 bits per heavy atom. The zero-order valence-electron chi connectivity index (χ0n) is 13.9. The Morgan fingerprint density at radius 2 is 2.00 bits per heavy atom. The van der Waals surface area contributed by atoms with Crippen LogP contribution in [0.15, 0.2) is 24.3 Å². The summed E-state index contributed by atoms with van der Waals surface area (Å²) >= 11 is 0. The van der Waals surface area contributed by atoms with Gasteiger partial charge in [-0.05, 0) is 63.9 Å². The summed E-state index contributed by atoms with van der Waals surface area (Å²) in [5.74, 6) is 0.694. The van der Waals surface area contributed by atoms with Crippen LogP contribution in [0.2, 0.25) is 0 Å². The summed E-state index contributed by atoms with van der Waals surface area (Å²) in [5, 5.41) is 3.38. The number of piperidine rings is 1. The highest BCUT2D eigenvalue weighted by Crippen LogP contribution is 2.37. The van der Waals surface area contributed by atoms with E-state index in [1.165, 1.54) is 30.5 Å². The van der Waals surface area contributed by atoms with Gasteiger partial charge in [-0.2, -0.15) is 0 Å². The second kappa shape index (κ2) is 7.92. The smallest absolute Gasteiger partial charge is 0.0713 e. The largest absolute Gasteiger partial charge is 0.380 e. The van der Waals surface area contributed by atoms with Crippen LogP contribution in [0.25, 0.3) is 0 Å². The van der Waals surface area contributed by atoms with E-state index < -0.39 is 0 Å². The minimum Gasteiger partial charge on any atom is -0.380 e. The second-order valence-electron chi connectivity index (χ2n) is 6.41. The maximum atomic E-state index is 5.21. The molecule has 0 radical (unpaired) electrons. The Bertz CT molecular complexity index is 414. The number of rotatable bonds is 6. The molecule has 0 aliphatic carbocycles. The lowest BCUT2D eigenvalue weighted by molar-refractivity contribution is 0.0636. The average molecular weight is 290 g/mol. The van der Waals surface area contributed by atoms with Crippen molar-refractivity contribution in [1.82, 2.24) is 10.2 Å². The predicted molar refractivity (Wildman–Crippen MR) is 88.4 cm³/mol. The Balaban J connectivity index is 2.23. The summed E-state index contributed by atoms with van der Waals surface area (Å²) in [7, 11) is 3.81. The van der Waals surface area contributed by atoms with E-state index in [1.54, 1.807) is 7.11 Å². The summed E-state index contributed by atoms with van der Waals surface area (Å²) in [4.78, 5) is 2.66. The Hall–Kier alpha value is -0.900. The van der Waals surface area contributed by atoms with Crippen LogP contribution in [0.3, 0.4) is 0 Å². The minimum absolute atomic E-state index is 0.530. The number of methoxy groups -OCH3 is 1. The molecule has 0 saturated carbocycles. The molecule has 2 atom stereocenters. The number of benzene rings is 1. The van der Waals surface area contributed by atoms with E-state index in [0.717, 1.165) is 6.54 Å². The monoisotopic (exact) mass is 290 g/mol. The first-order valence-corrected chi connectivity index (χ1v) is 8.15. The molecule has 0 bridgehead atoms. The van der Waals surface area contributed by atoms with Crippen molar-refractivity contribution in [1.29, 1.82) is 0 Å². The fraction of sp³-hybridized carbons (Fsp3) is 0.667. The van der Waals surface area contributed by atoms with Gasteiger partial charge in [0.25, 0.3) is 0 Å². The molecule has 2 rings (SSSR count). The fourth-order valence-electron chi connectivity index (χ4n) is 3.60. The quantitative estimate of drug-likeness (QED) is 0.870. The molecule has 2 unspecified atom stereocenters. The van der Waals surface area contributed by atoms with E-state index >= 15 is 0 Å². The van der Waals surface area contributed by atoms with E-state index in [0.29, 0.717) is 24.6 Å². The highest BCUT2D eigenvalue weighted by molar-refractivity contribution is 5.26. The SMILES string of the molecule is CNCC1CCCN(C(C)C)C1c1ccc(COC)cc1. The molecule has 1 N–H and O–H groups in total. The maximum absolute atomic E-state index is 5.21. The third-order valence-electron chi connectivity index (χ3n) is 4.56. The molecule has 118 valence electrons. The molecule has 0 amide bonds. The lowest BCUT2D eigenvalue weighted by atomic mass is 9.83. The lowest BCUT2D eigenvalue weighted by Crippen LogP contribution is -2.45. The topological polar surface area (TPSA) is 24.5 Å². The normalized spacial score (nSPS) is 23.7. The van der Waals surface area contributed by atoms with E-state index in [4.69, 9.17) is 4.74 Å². The van der Waals surface area contributed by atoms with Crippen molar-refractivity contribution in [2.45, 2.75) is 45.4 Å². The van der Waals surface area contributed by atoms with E-state index in [2.05, 4.69) is 55.4 Å². The highest BCUT2D eigenvalue weighted by Gasteiger charge is 2.33. The summed E-state index contributed by atoms with van der Waals surface area (Å²) in [6.45, 7) is 7.62. The van der Waals surface area contributed by atoms with Crippen molar-refractivity contribution in [3.05, 3.63) is 35.4 Å². The zero-order chi connectivity index (χ0) is 15.2. The van der Waals surface area contributed by atoms with E-state index in [1.807, 2.05) is 0 Å². The minimum atomic E-state index is 0.530. The lowest BCUT2D eigenvalue weighted by Gasteiger charge is -2.44. The van der Waals surface area contributed by atoms with Gasteiger partial charge in [0.1, 0.15) is 0 Å². The van der Waals surface area contributed by atoms with Gasteiger partial charge in [-0.3, -0.25) is 4.90 Å². The molecule has 0 aromatic heterocycles. The molecule has 1 aromatic carbocycles. The summed E-state index contributed by atoms with van der Waals surface area (Å²) < 4.78 is 5.21. The first-order chi connectivity index (χ1) is 10.2. The molecule has 1 heterocycles. The number of ether oxygens (including phenoxy) is 1. The molecule has 1 aliphatic rings. The van der Waals surface area contributed by atoms with Crippen LogP contribution in [0.1, 0.15) is 43.9 Å². The third-order valence-corrected chi connectivity index (χ3v) is 4.56. The summed E-state index contributed by atoms with van der Waals surface area (Å²) in [6, 6.07) is 10.1. The first kappa shape index (κ1) is 16.5. The van der Waals surface area contributed by atoms with Crippen molar-refractivity contribution in [3.63, 3.8) is 0 Å². The Morgan fingerprint density at radius 3 is 2.57 bits per heavy atom. The van der Waals surface area contributed by atoms with E-state index in [-0.39, 0.29) is 0 Å². The number of hydrogen-bond acceptors (Lipinski definition) is 3. The highest BCUT2D eigenvalue weighted by atomic mass is 16.5. The van der Waals surface area contributed by atoms with Gasteiger partial charge in [-0.25, -0.2) is 0 Å². The molecule has 1 aromatic rings. The Kier molecular flexibility index (Phi) is 6.22. The van der Waals surface area contributed by atoms with E-state index in [9.17, 15) is 0 Å². The molecule has 21 heavy (non-hydrogen) atoms. The molecule has 1 saturated heterocycles. The zero-order valence-corrected chi connectivity index (χ0v) is 13.9. The van der Waals surface area contributed by atoms with Gasteiger partial charge >= 0.3 is 0 Å². The molecule has 0 spiro atoms.